The second-order valence-corrected chi connectivity index (χ2v) is 9.45. The molecule has 0 saturated heterocycles. The lowest BCUT2D eigenvalue weighted by molar-refractivity contribution is -0.120. The van der Waals surface area contributed by atoms with E-state index in [-0.39, 0.29) is 10.7 Å². The van der Waals surface area contributed by atoms with Crippen molar-refractivity contribution in [1.82, 2.24) is 5.32 Å². The van der Waals surface area contributed by atoms with Crippen LogP contribution in [0.3, 0.4) is 0 Å². The van der Waals surface area contributed by atoms with Crippen LogP contribution in [0.5, 0.6) is 5.75 Å². The maximum atomic E-state index is 13.5. The highest BCUT2D eigenvalue weighted by atomic mass is 32.2. The molecule has 0 radical (unpaired) electrons. The van der Waals surface area contributed by atoms with Crippen LogP contribution < -0.4 is 14.4 Å². The van der Waals surface area contributed by atoms with E-state index in [9.17, 15) is 17.6 Å². The van der Waals surface area contributed by atoms with Gasteiger partial charge in [-0.1, -0.05) is 29.8 Å². The second-order valence-electron chi connectivity index (χ2n) is 7.59. The summed E-state index contributed by atoms with van der Waals surface area (Å²) in [5, 5.41) is 2.79. The molecule has 0 bridgehead atoms. The Morgan fingerprint density at radius 1 is 1.00 bits per heavy atom. The summed E-state index contributed by atoms with van der Waals surface area (Å²) in [6.07, 6.45) is 0. The zero-order chi connectivity index (χ0) is 24.0. The molecule has 0 spiro atoms. The van der Waals surface area contributed by atoms with Crippen molar-refractivity contribution in [3.63, 3.8) is 0 Å². The van der Waals surface area contributed by atoms with E-state index in [1.54, 1.807) is 55.5 Å². The van der Waals surface area contributed by atoms with Gasteiger partial charge in [-0.15, -0.1) is 0 Å². The summed E-state index contributed by atoms with van der Waals surface area (Å²) in [7, 11) is -4.03. The van der Waals surface area contributed by atoms with E-state index >= 15 is 0 Å². The number of halogens is 1. The number of carbonyl (C=O) groups is 1. The standard InChI is InChI=1S/C25H27FN2O4S/c1-4-32-23-13-15-24(16-14-23)33(30,31)28(22-11-5-18(2)6-12-22)17-25(29)27-19(3)20-7-9-21(26)10-8-20/h5-16,19H,4,17H2,1-3H3,(H,27,29)/t19-/m1/s1. The monoisotopic (exact) mass is 470 g/mol. The van der Waals surface area contributed by atoms with E-state index in [1.165, 1.54) is 24.3 Å². The van der Waals surface area contributed by atoms with E-state index < -0.39 is 28.5 Å². The van der Waals surface area contributed by atoms with Crippen LogP contribution in [0.15, 0.2) is 77.7 Å². The second kappa shape index (κ2) is 10.5. The molecule has 1 atom stereocenters. The molecule has 0 fully saturated rings. The first-order valence-corrected chi connectivity index (χ1v) is 12.0. The zero-order valence-electron chi connectivity index (χ0n) is 18.8. The molecule has 0 heterocycles. The largest absolute Gasteiger partial charge is 0.494 e. The number of hydrogen-bond donors (Lipinski definition) is 1. The van der Waals surface area contributed by atoms with Crippen LogP contribution in [0.1, 0.15) is 31.0 Å². The number of benzene rings is 3. The molecule has 0 aliphatic rings. The molecule has 6 nitrogen and oxygen atoms in total. The first kappa shape index (κ1) is 24.3. The minimum atomic E-state index is -4.03. The van der Waals surface area contributed by atoms with Gasteiger partial charge in [-0.05, 0) is 74.9 Å². The topological polar surface area (TPSA) is 75.7 Å². The minimum Gasteiger partial charge on any atom is -0.494 e. The molecule has 0 aromatic heterocycles. The van der Waals surface area contributed by atoms with Crippen molar-refractivity contribution in [2.24, 2.45) is 0 Å². The molecule has 1 amide bonds. The molecular weight excluding hydrogens is 443 g/mol. The molecular formula is C25H27FN2O4S. The van der Waals surface area contributed by atoms with E-state index in [4.69, 9.17) is 4.74 Å². The van der Waals surface area contributed by atoms with Gasteiger partial charge in [-0.2, -0.15) is 0 Å². The number of amides is 1. The number of ether oxygens (including phenoxy) is 1. The van der Waals surface area contributed by atoms with Gasteiger partial charge < -0.3 is 10.1 Å². The average Bonchev–Trinajstić information content (AvgIpc) is 2.79. The van der Waals surface area contributed by atoms with Crippen molar-refractivity contribution in [3.8, 4) is 5.75 Å². The Bertz CT molecular complexity index is 1180. The Morgan fingerprint density at radius 3 is 2.18 bits per heavy atom. The van der Waals surface area contributed by atoms with Gasteiger partial charge >= 0.3 is 0 Å². The Hall–Kier alpha value is -3.39. The third kappa shape index (κ3) is 6.10. The van der Waals surface area contributed by atoms with Crippen LogP contribution in [0.4, 0.5) is 10.1 Å². The molecule has 174 valence electrons. The maximum absolute atomic E-state index is 13.5. The van der Waals surface area contributed by atoms with E-state index in [2.05, 4.69) is 5.32 Å². The molecule has 3 aromatic carbocycles. The van der Waals surface area contributed by atoms with Gasteiger partial charge in [0, 0.05) is 0 Å². The summed E-state index contributed by atoms with van der Waals surface area (Å²) in [5.41, 5.74) is 2.05. The van der Waals surface area contributed by atoms with Crippen LogP contribution in [-0.2, 0) is 14.8 Å². The first-order valence-electron chi connectivity index (χ1n) is 10.6. The van der Waals surface area contributed by atoms with Crippen LogP contribution in [0.2, 0.25) is 0 Å². The normalized spacial score (nSPS) is 12.1. The Labute approximate surface area is 194 Å². The van der Waals surface area contributed by atoms with E-state index in [0.717, 1.165) is 9.87 Å². The molecule has 33 heavy (non-hydrogen) atoms. The summed E-state index contributed by atoms with van der Waals surface area (Å²) < 4.78 is 46.6. The van der Waals surface area contributed by atoms with Crippen molar-refractivity contribution in [3.05, 3.63) is 89.7 Å². The fourth-order valence-corrected chi connectivity index (χ4v) is 4.70. The molecule has 3 rings (SSSR count). The van der Waals surface area contributed by atoms with Crippen molar-refractivity contribution in [1.29, 1.82) is 0 Å². The zero-order valence-corrected chi connectivity index (χ0v) is 19.6. The molecule has 1 N–H and O–H groups in total. The molecule has 0 aliphatic heterocycles. The Kier molecular flexibility index (Phi) is 7.71. The third-order valence-corrected chi connectivity index (χ3v) is 6.87. The van der Waals surface area contributed by atoms with Crippen molar-refractivity contribution in [2.75, 3.05) is 17.5 Å². The summed E-state index contributed by atoms with van der Waals surface area (Å²) >= 11 is 0. The smallest absolute Gasteiger partial charge is 0.264 e. The highest BCUT2D eigenvalue weighted by Crippen LogP contribution is 2.26. The van der Waals surface area contributed by atoms with Gasteiger partial charge in [0.2, 0.25) is 5.91 Å². The number of sulfonamides is 1. The van der Waals surface area contributed by atoms with Crippen molar-refractivity contribution in [2.45, 2.75) is 31.7 Å². The van der Waals surface area contributed by atoms with Gasteiger partial charge in [0.15, 0.2) is 0 Å². The number of carbonyl (C=O) groups excluding carboxylic acids is 1. The highest BCUT2D eigenvalue weighted by Gasteiger charge is 2.28. The summed E-state index contributed by atoms with van der Waals surface area (Å²) in [6.45, 7) is 5.54. The lowest BCUT2D eigenvalue weighted by Gasteiger charge is -2.25. The van der Waals surface area contributed by atoms with Gasteiger partial charge in [0.1, 0.15) is 18.1 Å². The van der Waals surface area contributed by atoms with Crippen LogP contribution in [0.25, 0.3) is 0 Å². The minimum absolute atomic E-state index is 0.0471. The molecule has 0 saturated carbocycles. The lowest BCUT2D eigenvalue weighted by Crippen LogP contribution is -2.41. The van der Waals surface area contributed by atoms with Crippen LogP contribution in [-0.4, -0.2) is 27.5 Å². The Morgan fingerprint density at radius 2 is 1.61 bits per heavy atom. The van der Waals surface area contributed by atoms with Gasteiger partial charge in [-0.25, -0.2) is 12.8 Å². The number of aryl methyl sites for hydroxylation is 1. The Balaban J connectivity index is 1.87. The van der Waals surface area contributed by atoms with Crippen molar-refractivity contribution >= 4 is 21.6 Å². The number of rotatable bonds is 9. The average molecular weight is 471 g/mol. The quantitative estimate of drug-likeness (QED) is 0.496. The van der Waals surface area contributed by atoms with Crippen LogP contribution >= 0.6 is 0 Å². The first-order chi connectivity index (χ1) is 15.7. The maximum Gasteiger partial charge on any atom is 0.264 e. The number of anilines is 1. The SMILES string of the molecule is CCOc1ccc(S(=O)(=O)N(CC(=O)N[C@H](C)c2ccc(F)cc2)c2ccc(C)cc2)cc1. The van der Waals surface area contributed by atoms with E-state index in [0.29, 0.717) is 23.6 Å². The van der Waals surface area contributed by atoms with Crippen LogP contribution in [0, 0.1) is 12.7 Å². The lowest BCUT2D eigenvalue weighted by atomic mass is 10.1. The number of nitrogens with zero attached hydrogens (tertiary/aromatic N) is 1. The number of nitrogens with one attached hydrogen (secondary N) is 1. The predicted molar refractivity (Wildman–Crippen MR) is 126 cm³/mol. The van der Waals surface area contributed by atoms with Gasteiger partial charge in [-0.3, -0.25) is 9.10 Å². The summed E-state index contributed by atoms with van der Waals surface area (Å²) in [5.74, 6) is -0.296. The fourth-order valence-electron chi connectivity index (χ4n) is 3.28. The van der Waals surface area contributed by atoms with Crippen molar-refractivity contribution < 1.29 is 22.3 Å². The molecule has 0 unspecified atom stereocenters. The predicted octanol–water partition coefficient (Wildman–Crippen LogP) is 4.61. The van der Waals surface area contributed by atoms with E-state index in [1.807, 2.05) is 13.8 Å². The molecule has 8 heteroatoms. The van der Waals surface area contributed by atoms with Gasteiger partial charge in [0.25, 0.3) is 10.0 Å². The summed E-state index contributed by atoms with van der Waals surface area (Å²) in [4.78, 5) is 12.9. The highest BCUT2D eigenvalue weighted by molar-refractivity contribution is 7.92. The summed E-state index contributed by atoms with van der Waals surface area (Å²) in [6, 6.07) is 18.3. The fraction of sp³-hybridized carbons (Fsp3) is 0.240. The van der Waals surface area contributed by atoms with Gasteiger partial charge in [0.05, 0.1) is 23.2 Å². The molecule has 3 aromatic rings. The number of hydrogen-bond acceptors (Lipinski definition) is 4. The molecule has 0 aliphatic carbocycles. The third-order valence-electron chi connectivity index (χ3n) is 5.08.